The number of ether oxygens (including phenoxy) is 3. The van der Waals surface area contributed by atoms with E-state index >= 15 is 0 Å². The minimum Gasteiger partial charge on any atom is -0.466 e. The Labute approximate surface area is 204 Å². The van der Waals surface area contributed by atoms with Crippen LogP contribution in [0.25, 0.3) is 6.08 Å². The highest BCUT2D eigenvalue weighted by Crippen LogP contribution is 2.05. The van der Waals surface area contributed by atoms with E-state index < -0.39 is 0 Å². The van der Waals surface area contributed by atoms with Gasteiger partial charge in [0.2, 0.25) is 0 Å². The van der Waals surface area contributed by atoms with E-state index in [9.17, 15) is 14.4 Å². The Bertz CT molecular complexity index is 825. The fraction of sp³-hybridized carbons (Fsp3) is 0.370. The molecule has 0 N–H and O–H groups in total. The van der Waals surface area contributed by atoms with Gasteiger partial charge in [-0.15, -0.1) is 0 Å². The zero-order valence-electron chi connectivity index (χ0n) is 21.4. The molecule has 0 aliphatic rings. The van der Waals surface area contributed by atoms with E-state index in [1.54, 1.807) is 24.8 Å². The van der Waals surface area contributed by atoms with Crippen molar-refractivity contribution in [1.82, 2.24) is 4.90 Å². The molecule has 0 unspecified atom stereocenters. The first kappa shape index (κ1) is 32.7. The van der Waals surface area contributed by atoms with Crippen molar-refractivity contribution >= 4 is 24.0 Å². The van der Waals surface area contributed by atoms with Gasteiger partial charge in [-0.2, -0.15) is 0 Å². The molecule has 1 aromatic rings. The molecule has 0 spiro atoms. The summed E-state index contributed by atoms with van der Waals surface area (Å²) in [7, 11) is 4.98. The van der Waals surface area contributed by atoms with Crippen LogP contribution in [0.2, 0.25) is 0 Å². The first-order valence-corrected chi connectivity index (χ1v) is 10.8. The lowest BCUT2D eigenvalue weighted by atomic mass is 10.2. The number of unbranched alkanes of at least 4 members (excludes halogenated alkanes) is 1. The molecule has 1 rings (SSSR count). The van der Waals surface area contributed by atoms with Crippen molar-refractivity contribution in [2.45, 2.75) is 33.6 Å². The van der Waals surface area contributed by atoms with E-state index in [4.69, 9.17) is 9.47 Å². The summed E-state index contributed by atoms with van der Waals surface area (Å²) in [5.74, 6) is -1.03. The van der Waals surface area contributed by atoms with Crippen LogP contribution >= 0.6 is 0 Å². The number of hydrogen-bond donors (Lipinski definition) is 0. The SMILES string of the molecule is C=C(C)C(=O)OC.C=C(C)C(=O)OCN(C)C.C=C(C=Cc1ccccc1)C(=O)OCCCC. The van der Waals surface area contributed by atoms with Gasteiger partial charge in [0.15, 0.2) is 0 Å². The number of methoxy groups -OCH3 is 1. The number of esters is 3. The van der Waals surface area contributed by atoms with Crippen molar-refractivity contribution in [2.24, 2.45) is 0 Å². The molecule has 0 aromatic heterocycles. The molecule has 188 valence electrons. The Balaban J connectivity index is 0. The molecule has 0 atom stereocenters. The van der Waals surface area contributed by atoms with E-state index in [-0.39, 0.29) is 17.9 Å². The molecule has 0 amide bonds. The van der Waals surface area contributed by atoms with Crippen LogP contribution in [0.1, 0.15) is 39.2 Å². The fourth-order valence-electron chi connectivity index (χ4n) is 1.72. The largest absolute Gasteiger partial charge is 0.466 e. The van der Waals surface area contributed by atoms with Gasteiger partial charge in [0.05, 0.1) is 19.3 Å². The highest BCUT2D eigenvalue weighted by molar-refractivity contribution is 5.92. The van der Waals surface area contributed by atoms with E-state index in [2.05, 4.69) is 31.4 Å². The average Bonchev–Trinajstić information content (AvgIpc) is 2.81. The summed E-state index contributed by atoms with van der Waals surface area (Å²) >= 11 is 0. The number of benzene rings is 1. The van der Waals surface area contributed by atoms with Crippen molar-refractivity contribution in [1.29, 1.82) is 0 Å². The smallest absolute Gasteiger partial charge is 0.337 e. The van der Waals surface area contributed by atoms with Crippen molar-refractivity contribution in [3.63, 3.8) is 0 Å². The minimum atomic E-state index is -0.347. The van der Waals surface area contributed by atoms with Gasteiger partial charge < -0.3 is 14.2 Å². The second-order valence-corrected chi connectivity index (χ2v) is 7.45. The van der Waals surface area contributed by atoms with E-state index in [0.717, 1.165) is 18.4 Å². The molecule has 0 heterocycles. The number of nitrogens with zero attached hydrogens (tertiary/aromatic N) is 1. The maximum Gasteiger partial charge on any atom is 0.337 e. The Morgan fingerprint density at radius 2 is 1.47 bits per heavy atom. The molecular formula is C27H39NO6. The Morgan fingerprint density at radius 1 is 0.912 bits per heavy atom. The first-order chi connectivity index (χ1) is 16.0. The van der Waals surface area contributed by atoms with Crippen LogP contribution in [0, 0.1) is 0 Å². The standard InChI is InChI=1S/C15H18O2.C7H13NO2.C5H8O2/c1-3-4-12-17-15(16)13(2)10-11-14-8-6-5-7-9-14;1-6(2)7(9)10-5-8(3)4;1-4(2)5(6)7-3/h5-11H,2-4,12H2,1H3;1,5H2,2-4H3;1H2,2-3H3. The zero-order chi connectivity index (χ0) is 26.5. The van der Waals surface area contributed by atoms with Crippen LogP contribution < -0.4 is 0 Å². The summed E-state index contributed by atoms with van der Waals surface area (Å²) in [6, 6.07) is 9.77. The maximum atomic E-state index is 11.5. The number of rotatable bonds is 10. The predicted octanol–water partition coefficient (Wildman–Crippen LogP) is 4.96. The molecule has 0 fully saturated rings. The lowest BCUT2D eigenvalue weighted by Crippen LogP contribution is -2.19. The molecule has 0 radical (unpaired) electrons. The second-order valence-electron chi connectivity index (χ2n) is 7.45. The van der Waals surface area contributed by atoms with Gasteiger partial charge >= 0.3 is 17.9 Å². The summed E-state index contributed by atoms with van der Waals surface area (Å²) in [5.41, 5.74) is 2.28. The van der Waals surface area contributed by atoms with E-state index in [0.29, 0.717) is 30.1 Å². The van der Waals surface area contributed by atoms with Gasteiger partial charge in [-0.1, -0.05) is 69.5 Å². The maximum absolute atomic E-state index is 11.5. The molecule has 1 aromatic carbocycles. The fourth-order valence-corrected chi connectivity index (χ4v) is 1.72. The minimum absolute atomic E-state index is 0.311. The van der Waals surface area contributed by atoms with Crippen LogP contribution in [0.15, 0.2) is 72.9 Å². The third-order valence-corrected chi connectivity index (χ3v) is 3.61. The molecule has 0 saturated carbocycles. The molecule has 0 saturated heterocycles. The highest BCUT2D eigenvalue weighted by Gasteiger charge is 2.04. The van der Waals surface area contributed by atoms with Crippen molar-refractivity contribution in [3.8, 4) is 0 Å². The molecule has 7 heteroatoms. The van der Waals surface area contributed by atoms with Gasteiger partial charge in [-0.05, 0) is 46.0 Å². The van der Waals surface area contributed by atoms with Gasteiger partial charge in [-0.3, -0.25) is 4.90 Å². The quantitative estimate of drug-likeness (QED) is 0.119. The summed E-state index contributed by atoms with van der Waals surface area (Å²) in [5, 5.41) is 0. The van der Waals surface area contributed by atoms with Crippen LogP contribution in [0.4, 0.5) is 0 Å². The van der Waals surface area contributed by atoms with Crippen LogP contribution in [-0.4, -0.2) is 57.4 Å². The van der Waals surface area contributed by atoms with Crippen molar-refractivity contribution in [3.05, 3.63) is 78.4 Å². The molecule has 0 aliphatic heterocycles. The monoisotopic (exact) mass is 473 g/mol. The molecule has 34 heavy (non-hydrogen) atoms. The Kier molecular flexibility index (Phi) is 19.4. The highest BCUT2D eigenvalue weighted by atomic mass is 16.5. The van der Waals surface area contributed by atoms with Gasteiger partial charge in [0.25, 0.3) is 0 Å². The average molecular weight is 474 g/mol. The number of carbonyl (C=O) groups is 3. The lowest BCUT2D eigenvalue weighted by Gasteiger charge is -2.09. The second kappa shape index (κ2) is 20.2. The molecule has 0 bridgehead atoms. The van der Waals surface area contributed by atoms with Crippen molar-refractivity contribution in [2.75, 3.05) is 34.5 Å². The van der Waals surface area contributed by atoms with Crippen LogP contribution in [0.5, 0.6) is 0 Å². The number of hydrogen-bond acceptors (Lipinski definition) is 7. The third-order valence-electron chi connectivity index (χ3n) is 3.61. The summed E-state index contributed by atoms with van der Waals surface area (Å²) < 4.78 is 14.1. The van der Waals surface area contributed by atoms with Crippen molar-refractivity contribution < 1.29 is 28.6 Å². The Morgan fingerprint density at radius 3 is 1.88 bits per heavy atom. The predicted molar refractivity (Wildman–Crippen MR) is 137 cm³/mol. The van der Waals surface area contributed by atoms with Gasteiger partial charge in [0.1, 0.15) is 6.73 Å². The molecule has 0 aliphatic carbocycles. The zero-order valence-corrected chi connectivity index (χ0v) is 21.4. The van der Waals surface area contributed by atoms with Crippen LogP contribution in [-0.2, 0) is 28.6 Å². The summed E-state index contributed by atoms with van der Waals surface area (Å²) in [4.78, 5) is 34.1. The molecular weight excluding hydrogens is 434 g/mol. The van der Waals surface area contributed by atoms with Gasteiger partial charge in [0, 0.05) is 11.1 Å². The van der Waals surface area contributed by atoms with Gasteiger partial charge in [-0.25, -0.2) is 14.4 Å². The summed E-state index contributed by atoms with van der Waals surface area (Å²) in [6.07, 6.45) is 5.44. The van der Waals surface area contributed by atoms with E-state index in [1.807, 2.05) is 50.5 Å². The normalized spacial score (nSPS) is 9.62. The Hall–Kier alpha value is -3.45. The lowest BCUT2D eigenvalue weighted by molar-refractivity contribution is -0.142. The first-order valence-electron chi connectivity index (χ1n) is 10.8. The number of carbonyl (C=O) groups excluding carboxylic acids is 3. The van der Waals surface area contributed by atoms with E-state index in [1.165, 1.54) is 7.11 Å². The topological polar surface area (TPSA) is 82.1 Å². The third kappa shape index (κ3) is 19.3. The van der Waals surface area contributed by atoms with Crippen LogP contribution in [0.3, 0.4) is 0 Å². The molecule has 7 nitrogen and oxygen atoms in total. The summed E-state index contributed by atoms with van der Waals surface area (Å²) in [6.45, 7) is 16.5.